The molecule has 1 fully saturated rings. The van der Waals surface area contributed by atoms with E-state index in [9.17, 15) is 9.59 Å². The predicted octanol–water partition coefficient (Wildman–Crippen LogP) is 2.73. The van der Waals surface area contributed by atoms with Gasteiger partial charge in [0, 0.05) is 11.6 Å². The van der Waals surface area contributed by atoms with Crippen molar-refractivity contribution >= 4 is 40.8 Å². The summed E-state index contributed by atoms with van der Waals surface area (Å²) in [7, 11) is 0. The third-order valence-electron chi connectivity index (χ3n) is 3.43. The Morgan fingerprint density at radius 2 is 2.14 bits per heavy atom. The number of anilines is 1. The largest absolute Gasteiger partial charge is 0.481 e. The van der Waals surface area contributed by atoms with Crippen molar-refractivity contribution in [2.45, 2.75) is 12.8 Å². The first-order valence-corrected chi connectivity index (χ1v) is 7.41. The van der Waals surface area contributed by atoms with Crippen LogP contribution in [-0.4, -0.2) is 41.5 Å². The molecule has 1 heterocycles. The van der Waals surface area contributed by atoms with E-state index in [1.54, 1.807) is 18.2 Å². The highest BCUT2D eigenvalue weighted by molar-refractivity contribution is 6.36. The first-order valence-electron chi connectivity index (χ1n) is 6.66. The van der Waals surface area contributed by atoms with E-state index in [1.807, 2.05) is 4.90 Å². The molecule has 1 aromatic carbocycles. The Bertz CT molecular complexity index is 551. The molecule has 2 N–H and O–H groups in total. The van der Waals surface area contributed by atoms with E-state index in [2.05, 4.69) is 5.32 Å². The van der Waals surface area contributed by atoms with E-state index in [0.29, 0.717) is 28.7 Å². The highest BCUT2D eigenvalue weighted by atomic mass is 35.5. The SMILES string of the molecule is O=C(CN1CCCC(C(=O)O)C1)Nc1ccc(Cl)cc1Cl. The number of carboxylic acid groups (broad SMARTS) is 1. The minimum atomic E-state index is -0.805. The zero-order chi connectivity index (χ0) is 15.4. The summed E-state index contributed by atoms with van der Waals surface area (Å²) in [4.78, 5) is 24.8. The van der Waals surface area contributed by atoms with Gasteiger partial charge in [-0.1, -0.05) is 23.2 Å². The van der Waals surface area contributed by atoms with Crippen molar-refractivity contribution < 1.29 is 14.7 Å². The fourth-order valence-corrected chi connectivity index (χ4v) is 2.84. The number of halogens is 2. The van der Waals surface area contributed by atoms with Gasteiger partial charge in [-0.3, -0.25) is 14.5 Å². The minimum Gasteiger partial charge on any atom is -0.481 e. The number of aliphatic carboxylic acids is 1. The second-order valence-corrected chi connectivity index (χ2v) is 5.93. The van der Waals surface area contributed by atoms with E-state index in [4.69, 9.17) is 28.3 Å². The molecule has 1 unspecified atom stereocenters. The number of nitrogens with zero attached hydrogens (tertiary/aromatic N) is 1. The van der Waals surface area contributed by atoms with Gasteiger partial charge in [0.25, 0.3) is 0 Å². The molecular weight excluding hydrogens is 315 g/mol. The summed E-state index contributed by atoms with van der Waals surface area (Å²) < 4.78 is 0. The Labute approximate surface area is 132 Å². The number of nitrogens with one attached hydrogen (secondary N) is 1. The van der Waals surface area contributed by atoms with Gasteiger partial charge in [-0.25, -0.2) is 0 Å². The Balaban J connectivity index is 1.91. The minimum absolute atomic E-state index is 0.155. The van der Waals surface area contributed by atoms with E-state index >= 15 is 0 Å². The summed E-state index contributed by atoms with van der Waals surface area (Å²) in [5, 5.41) is 12.6. The van der Waals surface area contributed by atoms with Gasteiger partial charge in [0.05, 0.1) is 23.2 Å². The topological polar surface area (TPSA) is 69.6 Å². The van der Waals surface area contributed by atoms with Crippen molar-refractivity contribution in [2.24, 2.45) is 5.92 Å². The first kappa shape index (κ1) is 16.1. The van der Waals surface area contributed by atoms with Crippen molar-refractivity contribution in [3.63, 3.8) is 0 Å². The number of rotatable bonds is 4. The van der Waals surface area contributed by atoms with Gasteiger partial charge < -0.3 is 10.4 Å². The molecule has 0 radical (unpaired) electrons. The molecule has 5 nitrogen and oxygen atoms in total. The van der Waals surface area contributed by atoms with Gasteiger partial charge in [-0.2, -0.15) is 0 Å². The Kier molecular flexibility index (Phi) is 5.45. The number of likely N-dealkylation sites (tertiary alicyclic amines) is 1. The van der Waals surface area contributed by atoms with Crippen molar-refractivity contribution in [3.05, 3.63) is 28.2 Å². The summed E-state index contributed by atoms with van der Waals surface area (Å²) in [5.74, 6) is -1.42. The third kappa shape index (κ3) is 4.59. The molecule has 1 aliphatic rings. The van der Waals surface area contributed by atoms with Crippen LogP contribution in [-0.2, 0) is 9.59 Å². The van der Waals surface area contributed by atoms with E-state index < -0.39 is 11.9 Å². The average molecular weight is 331 g/mol. The lowest BCUT2D eigenvalue weighted by molar-refractivity contribution is -0.144. The van der Waals surface area contributed by atoms with Crippen molar-refractivity contribution in [3.8, 4) is 0 Å². The van der Waals surface area contributed by atoms with Gasteiger partial charge in [0.2, 0.25) is 5.91 Å². The number of amides is 1. The second kappa shape index (κ2) is 7.11. The molecule has 0 bridgehead atoms. The maximum Gasteiger partial charge on any atom is 0.307 e. The summed E-state index contributed by atoms with van der Waals surface area (Å²) in [5.41, 5.74) is 0.498. The predicted molar refractivity (Wildman–Crippen MR) is 81.9 cm³/mol. The second-order valence-electron chi connectivity index (χ2n) is 5.08. The van der Waals surface area contributed by atoms with Gasteiger partial charge in [0.15, 0.2) is 0 Å². The van der Waals surface area contributed by atoms with Gasteiger partial charge in [-0.05, 0) is 37.6 Å². The van der Waals surface area contributed by atoms with E-state index in [0.717, 1.165) is 13.0 Å². The van der Waals surface area contributed by atoms with Crippen LogP contribution < -0.4 is 5.32 Å². The molecule has 0 aromatic heterocycles. The molecule has 1 aromatic rings. The van der Waals surface area contributed by atoms with Gasteiger partial charge >= 0.3 is 5.97 Å². The number of carbonyl (C=O) groups is 2. The highest BCUT2D eigenvalue weighted by Gasteiger charge is 2.26. The lowest BCUT2D eigenvalue weighted by Crippen LogP contribution is -2.42. The lowest BCUT2D eigenvalue weighted by atomic mass is 9.98. The number of piperidine rings is 1. The van der Waals surface area contributed by atoms with Crippen LogP contribution in [0, 0.1) is 5.92 Å². The molecule has 0 spiro atoms. The third-order valence-corrected chi connectivity index (χ3v) is 3.97. The highest BCUT2D eigenvalue weighted by Crippen LogP contribution is 2.25. The van der Waals surface area contributed by atoms with Crippen LogP contribution in [0.1, 0.15) is 12.8 Å². The monoisotopic (exact) mass is 330 g/mol. The van der Waals surface area contributed by atoms with Crippen LogP contribution in [0.5, 0.6) is 0 Å². The molecule has 1 aliphatic heterocycles. The van der Waals surface area contributed by atoms with Crippen molar-refractivity contribution in [1.82, 2.24) is 4.90 Å². The first-order chi connectivity index (χ1) is 9.95. The zero-order valence-electron chi connectivity index (χ0n) is 11.3. The van der Waals surface area contributed by atoms with Crippen molar-refractivity contribution in [2.75, 3.05) is 25.0 Å². The number of hydrogen-bond acceptors (Lipinski definition) is 3. The Morgan fingerprint density at radius 1 is 1.38 bits per heavy atom. The average Bonchev–Trinajstić information content (AvgIpc) is 2.42. The van der Waals surface area contributed by atoms with Crippen LogP contribution in [0.2, 0.25) is 10.0 Å². The number of carboxylic acids is 1. The van der Waals surface area contributed by atoms with Gasteiger partial charge in [0.1, 0.15) is 0 Å². The van der Waals surface area contributed by atoms with Crippen LogP contribution >= 0.6 is 23.2 Å². The molecular formula is C14H16Cl2N2O3. The molecule has 7 heteroatoms. The Hall–Kier alpha value is -1.30. The molecule has 0 aliphatic carbocycles. The van der Waals surface area contributed by atoms with Crippen molar-refractivity contribution in [1.29, 1.82) is 0 Å². The lowest BCUT2D eigenvalue weighted by Gasteiger charge is -2.29. The quantitative estimate of drug-likeness (QED) is 0.890. The molecule has 1 atom stereocenters. The Morgan fingerprint density at radius 3 is 2.81 bits per heavy atom. The summed E-state index contributed by atoms with van der Waals surface area (Å²) >= 11 is 11.8. The molecule has 1 amide bonds. The van der Waals surface area contributed by atoms with Crippen LogP contribution in [0.3, 0.4) is 0 Å². The number of benzene rings is 1. The smallest absolute Gasteiger partial charge is 0.307 e. The number of carbonyl (C=O) groups excluding carboxylic acids is 1. The van der Waals surface area contributed by atoms with Crippen LogP contribution in [0.15, 0.2) is 18.2 Å². The van der Waals surface area contributed by atoms with Gasteiger partial charge in [-0.15, -0.1) is 0 Å². The standard InChI is InChI=1S/C14H16Cl2N2O3/c15-10-3-4-12(11(16)6-10)17-13(19)8-18-5-1-2-9(7-18)14(20)21/h3-4,6,9H,1-2,5,7-8H2,(H,17,19)(H,20,21). The fraction of sp³-hybridized carbons (Fsp3) is 0.429. The summed E-state index contributed by atoms with van der Waals surface area (Å²) in [6, 6.07) is 4.84. The normalized spacial score (nSPS) is 19.2. The van der Waals surface area contributed by atoms with E-state index in [1.165, 1.54) is 0 Å². The maximum atomic E-state index is 12.0. The fourth-order valence-electron chi connectivity index (χ4n) is 2.38. The summed E-state index contributed by atoms with van der Waals surface area (Å²) in [6.07, 6.45) is 1.45. The molecule has 2 rings (SSSR count). The molecule has 21 heavy (non-hydrogen) atoms. The molecule has 1 saturated heterocycles. The van der Waals surface area contributed by atoms with E-state index in [-0.39, 0.29) is 12.5 Å². The zero-order valence-corrected chi connectivity index (χ0v) is 12.8. The molecule has 114 valence electrons. The van der Waals surface area contributed by atoms with Crippen LogP contribution in [0.25, 0.3) is 0 Å². The maximum absolute atomic E-state index is 12.0. The number of hydrogen-bond donors (Lipinski definition) is 2. The molecule has 0 saturated carbocycles. The van der Waals surface area contributed by atoms with Crippen LogP contribution in [0.4, 0.5) is 5.69 Å². The summed E-state index contributed by atoms with van der Waals surface area (Å²) in [6.45, 7) is 1.28.